The number of nitrogens with zero attached hydrogens (tertiary/aromatic N) is 4. The van der Waals surface area contributed by atoms with Gasteiger partial charge in [0, 0.05) is 35.1 Å². The number of nitrogens with one attached hydrogen (secondary N) is 1. The normalized spacial score (nSPS) is 18.0. The van der Waals surface area contributed by atoms with Crippen molar-refractivity contribution in [3.05, 3.63) is 47.0 Å². The summed E-state index contributed by atoms with van der Waals surface area (Å²) in [6, 6.07) is 7.83. The zero-order valence-corrected chi connectivity index (χ0v) is 18.7. The molecule has 0 spiro atoms. The van der Waals surface area contributed by atoms with Crippen LogP contribution in [0, 0.1) is 13.8 Å². The number of fused-ring (bicyclic) bond motifs is 1. The lowest BCUT2D eigenvalue weighted by Crippen LogP contribution is -2.46. The lowest BCUT2D eigenvalue weighted by Gasteiger charge is -2.39. The molecule has 0 amide bonds. The Labute approximate surface area is 181 Å². The van der Waals surface area contributed by atoms with Crippen LogP contribution in [0.1, 0.15) is 42.5 Å². The van der Waals surface area contributed by atoms with E-state index in [2.05, 4.69) is 21.7 Å². The van der Waals surface area contributed by atoms with Gasteiger partial charge in [0.05, 0.1) is 5.69 Å². The third kappa shape index (κ3) is 3.46. The van der Waals surface area contributed by atoms with E-state index in [1.165, 1.54) is 5.56 Å². The van der Waals surface area contributed by atoms with Crippen molar-refractivity contribution >= 4 is 21.7 Å². The van der Waals surface area contributed by atoms with Crippen molar-refractivity contribution in [2.75, 3.05) is 16.2 Å². The molecule has 0 unspecified atom stereocenters. The second-order valence-electron chi connectivity index (χ2n) is 8.32. The zero-order chi connectivity index (χ0) is 21.8. The van der Waals surface area contributed by atoms with Gasteiger partial charge in [0.2, 0.25) is 5.95 Å². The average molecular weight is 440 g/mol. The van der Waals surface area contributed by atoms with Gasteiger partial charge >= 0.3 is 0 Å². The number of rotatable bonds is 5. The third-order valence-electron chi connectivity index (χ3n) is 6.12. The molecule has 1 N–H and O–H groups in total. The van der Waals surface area contributed by atoms with E-state index in [1.54, 1.807) is 19.9 Å². The maximum Gasteiger partial charge on any atom is 0.267 e. The Bertz CT molecular complexity index is 1250. The SMILES string of the molecule is Cc1noc(C)c1S(=O)(=O)Nc1cccc(-c2nc(N3CC[C@@H]3C)nc3c2CCC3)c1. The van der Waals surface area contributed by atoms with Gasteiger partial charge < -0.3 is 9.42 Å². The van der Waals surface area contributed by atoms with Crippen LogP contribution in [0.15, 0.2) is 33.7 Å². The van der Waals surface area contributed by atoms with Gasteiger partial charge in [-0.15, -0.1) is 0 Å². The van der Waals surface area contributed by atoms with Crippen LogP contribution in [-0.4, -0.2) is 36.1 Å². The first-order valence-corrected chi connectivity index (χ1v) is 12.0. The van der Waals surface area contributed by atoms with Crippen LogP contribution in [0.4, 0.5) is 11.6 Å². The molecule has 1 aliphatic carbocycles. The number of benzene rings is 1. The molecule has 1 saturated heterocycles. The molecule has 162 valence electrons. The van der Waals surface area contributed by atoms with Crippen molar-refractivity contribution in [3.63, 3.8) is 0 Å². The van der Waals surface area contributed by atoms with E-state index in [9.17, 15) is 8.42 Å². The standard InChI is InChI=1S/C22H25N5O3S/c1-13-10-11-27(13)22-23-19-9-5-8-18(19)20(24-22)16-6-4-7-17(12-16)26-31(28,29)21-14(2)25-30-15(21)3/h4,6-7,12-13,26H,5,8-11H2,1-3H3/t13-/m0/s1. The second kappa shape index (κ2) is 7.33. The number of aromatic nitrogens is 3. The Morgan fingerprint density at radius 2 is 2.03 bits per heavy atom. The molecule has 5 rings (SSSR count). The first-order chi connectivity index (χ1) is 14.8. The fraction of sp³-hybridized carbons (Fsp3) is 0.409. The molecule has 2 aromatic heterocycles. The van der Waals surface area contributed by atoms with Crippen molar-refractivity contribution in [1.82, 2.24) is 15.1 Å². The molecule has 3 aromatic rings. The minimum Gasteiger partial charge on any atom is -0.360 e. The molecular weight excluding hydrogens is 414 g/mol. The highest BCUT2D eigenvalue weighted by atomic mass is 32.2. The minimum atomic E-state index is -3.81. The molecule has 1 fully saturated rings. The van der Waals surface area contributed by atoms with Gasteiger partial charge in [-0.25, -0.2) is 18.4 Å². The summed E-state index contributed by atoms with van der Waals surface area (Å²) in [6.45, 7) is 6.36. The number of anilines is 2. The highest BCUT2D eigenvalue weighted by Gasteiger charge is 2.29. The summed E-state index contributed by atoms with van der Waals surface area (Å²) in [4.78, 5) is 12.1. The van der Waals surface area contributed by atoms with E-state index in [-0.39, 0.29) is 10.7 Å². The Morgan fingerprint density at radius 1 is 1.19 bits per heavy atom. The molecule has 31 heavy (non-hydrogen) atoms. The Balaban J connectivity index is 1.53. The maximum atomic E-state index is 12.9. The highest BCUT2D eigenvalue weighted by Crippen LogP contribution is 2.35. The molecule has 1 aliphatic heterocycles. The highest BCUT2D eigenvalue weighted by molar-refractivity contribution is 7.92. The molecule has 8 nitrogen and oxygen atoms in total. The zero-order valence-electron chi connectivity index (χ0n) is 17.8. The van der Waals surface area contributed by atoms with E-state index in [1.807, 2.05) is 18.2 Å². The number of hydrogen-bond acceptors (Lipinski definition) is 7. The molecule has 0 saturated carbocycles. The Morgan fingerprint density at radius 3 is 2.71 bits per heavy atom. The summed E-state index contributed by atoms with van der Waals surface area (Å²) in [7, 11) is -3.81. The molecule has 9 heteroatoms. The molecule has 1 atom stereocenters. The quantitative estimate of drug-likeness (QED) is 0.648. The fourth-order valence-corrected chi connectivity index (χ4v) is 5.78. The molecule has 0 bridgehead atoms. The van der Waals surface area contributed by atoms with Gasteiger partial charge in [0.25, 0.3) is 10.0 Å². The summed E-state index contributed by atoms with van der Waals surface area (Å²) in [6.07, 6.45) is 4.11. The first-order valence-electron chi connectivity index (χ1n) is 10.6. The van der Waals surface area contributed by atoms with Crippen LogP contribution in [-0.2, 0) is 22.9 Å². The van der Waals surface area contributed by atoms with E-state index in [0.29, 0.717) is 17.4 Å². The van der Waals surface area contributed by atoms with Gasteiger partial charge in [-0.05, 0) is 58.6 Å². The number of hydrogen-bond donors (Lipinski definition) is 1. The van der Waals surface area contributed by atoms with Gasteiger partial charge in [0.1, 0.15) is 5.69 Å². The summed E-state index contributed by atoms with van der Waals surface area (Å²) in [5.41, 5.74) is 4.87. The van der Waals surface area contributed by atoms with Crippen LogP contribution in [0.5, 0.6) is 0 Å². The largest absolute Gasteiger partial charge is 0.360 e. The molecule has 0 radical (unpaired) electrons. The van der Waals surface area contributed by atoms with Crippen molar-refractivity contribution in [2.24, 2.45) is 0 Å². The first kappa shape index (κ1) is 20.0. The average Bonchev–Trinajstić information content (AvgIpc) is 3.32. The predicted molar refractivity (Wildman–Crippen MR) is 118 cm³/mol. The monoisotopic (exact) mass is 439 g/mol. The molecule has 3 heterocycles. The van der Waals surface area contributed by atoms with Crippen LogP contribution in [0.3, 0.4) is 0 Å². The van der Waals surface area contributed by atoms with Crippen molar-refractivity contribution < 1.29 is 12.9 Å². The van der Waals surface area contributed by atoms with Gasteiger partial charge in [-0.2, -0.15) is 0 Å². The topological polar surface area (TPSA) is 101 Å². The molecule has 2 aliphatic rings. The predicted octanol–water partition coefficient (Wildman–Crippen LogP) is 3.64. The van der Waals surface area contributed by atoms with Crippen LogP contribution in [0.25, 0.3) is 11.3 Å². The third-order valence-corrected chi connectivity index (χ3v) is 7.75. The number of sulfonamides is 1. The van der Waals surface area contributed by atoms with Gasteiger partial charge in [-0.1, -0.05) is 17.3 Å². The summed E-state index contributed by atoms with van der Waals surface area (Å²) in [5.74, 6) is 1.04. The molecule has 1 aromatic carbocycles. The van der Waals surface area contributed by atoms with Crippen LogP contribution in [0.2, 0.25) is 0 Å². The van der Waals surface area contributed by atoms with Gasteiger partial charge in [-0.3, -0.25) is 4.72 Å². The van der Waals surface area contributed by atoms with Crippen molar-refractivity contribution in [3.8, 4) is 11.3 Å². The maximum absolute atomic E-state index is 12.9. The molecular formula is C22H25N5O3S. The Kier molecular flexibility index (Phi) is 4.73. The van der Waals surface area contributed by atoms with E-state index in [4.69, 9.17) is 14.5 Å². The van der Waals surface area contributed by atoms with E-state index in [0.717, 1.165) is 55.1 Å². The lowest BCUT2D eigenvalue weighted by molar-refractivity contribution is 0.390. The van der Waals surface area contributed by atoms with Gasteiger partial charge in [0.15, 0.2) is 10.7 Å². The van der Waals surface area contributed by atoms with E-state index < -0.39 is 10.0 Å². The smallest absolute Gasteiger partial charge is 0.267 e. The van der Waals surface area contributed by atoms with E-state index >= 15 is 0 Å². The fourth-order valence-electron chi connectivity index (χ4n) is 4.39. The number of aryl methyl sites for hydroxylation is 3. The van der Waals surface area contributed by atoms with Crippen molar-refractivity contribution in [1.29, 1.82) is 0 Å². The second-order valence-corrected chi connectivity index (χ2v) is 9.94. The summed E-state index contributed by atoms with van der Waals surface area (Å²) < 4.78 is 33.5. The minimum absolute atomic E-state index is 0.0786. The van der Waals surface area contributed by atoms with Crippen LogP contribution >= 0.6 is 0 Å². The lowest BCUT2D eigenvalue weighted by atomic mass is 10.0. The summed E-state index contributed by atoms with van der Waals surface area (Å²) in [5, 5.41) is 3.76. The Hall–Kier alpha value is -2.94. The van der Waals surface area contributed by atoms with Crippen LogP contribution < -0.4 is 9.62 Å². The summed E-state index contributed by atoms with van der Waals surface area (Å²) >= 11 is 0. The van der Waals surface area contributed by atoms with Crippen molar-refractivity contribution in [2.45, 2.75) is 57.4 Å².